The van der Waals surface area contributed by atoms with Crippen LogP contribution in [0.2, 0.25) is 0 Å². The van der Waals surface area contributed by atoms with E-state index < -0.39 is 5.41 Å². The van der Waals surface area contributed by atoms with Gasteiger partial charge in [-0.15, -0.1) is 0 Å². The number of piperidine rings is 1. The van der Waals surface area contributed by atoms with Crippen molar-refractivity contribution < 1.29 is 9.59 Å². The maximum Gasteiger partial charge on any atom is 0.234 e. The molecule has 1 saturated heterocycles. The topological polar surface area (TPSA) is 49.4 Å². The fourth-order valence-corrected chi connectivity index (χ4v) is 3.60. The number of nitrogens with one attached hydrogen (secondary N) is 1. The molecule has 0 aromatic heterocycles. The Morgan fingerprint density at radius 1 is 0.893 bits per heavy atom. The molecule has 0 spiro atoms. The number of likely N-dealkylation sites (tertiary alicyclic amines) is 1. The number of rotatable bonds is 4. The molecule has 2 aromatic rings. The summed E-state index contributed by atoms with van der Waals surface area (Å²) < 4.78 is 0. The Bertz CT molecular complexity index is 749. The van der Waals surface area contributed by atoms with Crippen molar-refractivity contribution in [2.45, 2.75) is 45.6 Å². The molecule has 2 amide bonds. The van der Waals surface area contributed by atoms with E-state index in [0.717, 1.165) is 24.0 Å². The highest BCUT2D eigenvalue weighted by atomic mass is 16.2. The third-order valence-electron chi connectivity index (χ3n) is 5.34. The minimum Gasteiger partial charge on any atom is -0.353 e. The Hall–Kier alpha value is -2.62. The lowest BCUT2D eigenvalue weighted by atomic mass is 9.89. The van der Waals surface area contributed by atoms with Crippen LogP contribution < -0.4 is 5.32 Å². The Kier molecular flexibility index (Phi) is 6.18. The maximum atomic E-state index is 13.4. The summed E-state index contributed by atoms with van der Waals surface area (Å²) in [5.74, 6) is -0.0789. The van der Waals surface area contributed by atoms with Crippen molar-refractivity contribution in [2.24, 2.45) is 5.41 Å². The molecule has 4 nitrogen and oxygen atoms in total. The predicted molar refractivity (Wildman–Crippen MR) is 112 cm³/mol. The first-order valence-electron chi connectivity index (χ1n) is 10.1. The van der Waals surface area contributed by atoms with E-state index in [9.17, 15) is 9.59 Å². The van der Waals surface area contributed by atoms with Gasteiger partial charge in [0.15, 0.2) is 0 Å². The molecule has 1 N–H and O–H groups in total. The van der Waals surface area contributed by atoms with Crippen LogP contribution in [0.15, 0.2) is 60.7 Å². The minimum atomic E-state index is -0.390. The monoisotopic (exact) mass is 378 g/mol. The number of hydrogen-bond acceptors (Lipinski definition) is 2. The van der Waals surface area contributed by atoms with Gasteiger partial charge in [0.1, 0.15) is 0 Å². The standard InChI is InChI=1S/C24H30N2O2/c1-24(2,3)23(28)25-20-14-16-26(17-15-20)22(27)21(18-10-6-4-7-11-18)19-12-8-5-9-13-19/h4-13,20-21H,14-17H2,1-3H3,(H,25,28). The summed E-state index contributed by atoms with van der Waals surface area (Å²) in [6, 6.07) is 20.1. The smallest absolute Gasteiger partial charge is 0.234 e. The Balaban J connectivity index is 1.71. The molecule has 3 rings (SSSR count). The first kappa shape index (κ1) is 20.1. The summed E-state index contributed by atoms with van der Waals surface area (Å²) in [6.45, 7) is 7.11. The van der Waals surface area contributed by atoms with Crippen molar-refractivity contribution in [3.8, 4) is 0 Å². The van der Waals surface area contributed by atoms with Gasteiger partial charge in [0, 0.05) is 24.5 Å². The van der Waals surface area contributed by atoms with Crippen molar-refractivity contribution in [1.82, 2.24) is 10.2 Å². The van der Waals surface area contributed by atoms with Crippen LogP contribution >= 0.6 is 0 Å². The average Bonchev–Trinajstić information content (AvgIpc) is 2.69. The molecule has 148 valence electrons. The average molecular weight is 379 g/mol. The molecule has 1 aliphatic heterocycles. The van der Waals surface area contributed by atoms with Crippen LogP contribution in [-0.4, -0.2) is 35.8 Å². The van der Waals surface area contributed by atoms with Crippen molar-refractivity contribution in [3.05, 3.63) is 71.8 Å². The summed E-state index contributed by atoms with van der Waals surface area (Å²) in [6.07, 6.45) is 1.59. The van der Waals surface area contributed by atoms with Crippen LogP contribution in [0.4, 0.5) is 0 Å². The molecule has 4 heteroatoms. The number of nitrogens with zero attached hydrogens (tertiary/aromatic N) is 1. The highest BCUT2D eigenvalue weighted by molar-refractivity contribution is 5.87. The van der Waals surface area contributed by atoms with Crippen LogP contribution in [0.25, 0.3) is 0 Å². The summed E-state index contributed by atoms with van der Waals surface area (Å²) in [4.78, 5) is 27.6. The van der Waals surface area contributed by atoms with E-state index in [1.54, 1.807) is 0 Å². The second-order valence-corrected chi connectivity index (χ2v) is 8.58. The summed E-state index contributed by atoms with van der Waals surface area (Å²) in [7, 11) is 0. The van der Waals surface area contributed by atoms with Crippen molar-refractivity contribution in [3.63, 3.8) is 0 Å². The molecule has 1 heterocycles. The molecule has 0 atom stereocenters. The molecule has 1 aliphatic rings. The molecule has 0 saturated carbocycles. The summed E-state index contributed by atoms with van der Waals surface area (Å²) in [5.41, 5.74) is 1.64. The van der Waals surface area contributed by atoms with Gasteiger partial charge in [-0.2, -0.15) is 0 Å². The van der Waals surface area contributed by atoms with Crippen LogP contribution in [-0.2, 0) is 9.59 Å². The molecule has 1 fully saturated rings. The van der Waals surface area contributed by atoms with Gasteiger partial charge >= 0.3 is 0 Å². The second-order valence-electron chi connectivity index (χ2n) is 8.58. The summed E-state index contributed by atoms with van der Waals surface area (Å²) >= 11 is 0. The lowest BCUT2D eigenvalue weighted by Gasteiger charge is -2.35. The van der Waals surface area contributed by atoms with Gasteiger partial charge in [0.25, 0.3) is 0 Å². The SMILES string of the molecule is CC(C)(C)C(=O)NC1CCN(C(=O)C(c2ccccc2)c2ccccc2)CC1. The number of hydrogen-bond donors (Lipinski definition) is 1. The van der Waals surface area contributed by atoms with E-state index in [4.69, 9.17) is 0 Å². The third kappa shape index (κ3) is 4.80. The number of benzene rings is 2. The zero-order valence-electron chi connectivity index (χ0n) is 17.0. The van der Waals surface area contributed by atoms with E-state index >= 15 is 0 Å². The molecule has 0 radical (unpaired) electrons. The van der Waals surface area contributed by atoms with Gasteiger partial charge < -0.3 is 10.2 Å². The minimum absolute atomic E-state index is 0.0729. The molecule has 0 unspecified atom stereocenters. The zero-order chi connectivity index (χ0) is 20.1. The Morgan fingerprint density at radius 3 is 1.79 bits per heavy atom. The van der Waals surface area contributed by atoms with Crippen molar-refractivity contribution in [2.75, 3.05) is 13.1 Å². The lowest BCUT2D eigenvalue weighted by molar-refractivity contribution is -0.133. The van der Waals surface area contributed by atoms with E-state index in [2.05, 4.69) is 5.32 Å². The highest BCUT2D eigenvalue weighted by Crippen LogP contribution is 2.28. The van der Waals surface area contributed by atoms with E-state index in [0.29, 0.717) is 13.1 Å². The molecule has 0 bridgehead atoms. The van der Waals surface area contributed by atoms with Gasteiger partial charge in [-0.05, 0) is 24.0 Å². The predicted octanol–water partition coefficient (Wildman–Crippen LogP) is 3.97. The van der Waals surface area contributed by atoms with E-state index in [-0.39, 0.29) is 23.8 Å². The molecular weight excluding hydrogens is 348 g/mol. The largest absolute Gasteiger partial charge is 0.353 e. The summed E-state index contributed by atoms with van der Waals surface area (Å²) in [5, 5.41) is 3.13. The second kappa shape index (κ2) is 8.59. The van der Waals surface area contributed by atoms with Crippen molar-refractivity contribution >= 4 is 11.8 Å². The lowest BCUT2D eigenvalue weighted by Crippen LogP contribution is -2.49. The van der Waals surface area contributed by atoms with Crippen LogP contribution in [0, 0.1) is 5.41 Å². The number of carbonyl (C=O) groups excluding carboxylic acids is 2. The fraction of sp³-hybridized carbons (Fsp3) is 0.417. The van der Waals surface area contributed by atoms with Gasteiger partial charge in [0.05, 0.1) is 5.92 Å². The first-order valence-corrected chi connectivity index (χ1v) is 10.1. The van der Waals surface area contributed by atoms with Gasteiger partial charge in [0.2, 0.25) is 11.8 Å². The number of amides is 2. The van der Waals surface area contributed by atoms with Gasteiger partial charge in [-0.25, -0.2) is 0 Å². The van der Waals surface area contributed by atoms with Gasteiger partial charge in [-0.1, -0.05) is 81.4 Å². The molecule has 28 heavy (non-hydrogen) atoms. The molecular formula is C24H30N2O2. The number of carbonyl (C=O) groups is 2. The third-order valence-corrected chi connectivity index (χ3v) is 5.34. The maximum absolute atomic E-state index is 13.4. The quantitative estimate of drug-likeness (QED) is 0.875. The van der Waals surface area contributed by atoms with E-state index in [1.165, 1.54) is 0 Å². The zero-order valence-corrected chi connectivity index (χ0v) is 17.0. The Morgan fingerprint density at radius 2 is 1.36 bits per heavy atom. The molecule has 0 aliphatic carbocycles. The highest BCUT2D eigenvalue weighted by Gasteiger charge is 2.32. The van der Waals surface area contributed by atoms with Crippen LogP contribution in [0.3, 0.4) is 0 Å². The van der Waals surface area contributed by atoms with Crippen molar-refractivity contribution in [1.29, 1.82) is 0 Å². The molecule has 2 aromatic carbocycles. The van der Waals surface area contributed by atoms with E-state index in [1.807, 2.05) is 86.3 Å². The Labute approximate surface area is 167 Å². The normalized spacial score (nSPS) is 15.5. The van der Waals surface area contributed by atoms with Gasteiger partial charge in [-0.3, -0.25) is 9.59 Å². The fourth-order valence-electron chi connectivity index (χ4n) is 3.60. The van der Waals surface area contributed by atoms with Crippen LogP contribution in [0.1, 0.15) is 50.7 Å². The van der Waals surface area contributed by atoms with Crippen LogP contribution in [0.5, 0.6) is 0 Å². The first-order chi connectivity index (χ1) is 13.4.